The second-order valence-corrected chi connectivity index (χ2v) is 18.4. The molecule has 1 spiro atoms. The van der Waals surface area contributed by atoms with Gasteiger partial charge in [-0.15, -0.1) is 0 Å². The fourth-order valence-corrected chi connectivity index (χ4v) is 10.8. The number of rotatable bonds is 4. The lowest BCUT2D eigenvalue weighted by atomic mass is 9.70. The lowest BCUT2D eigenvalue weighted by molar-refractivity contribution is 0.0269. The fourth-order valence-electron chi connectivity index (χ4n) is 7.72. The summed E-state index contributed by atoms with van der Waals surface area (Å²) < 4.78 is 16.2. The van der Waals surface area contributed by atoms with E-state index in [4.69, 9.17) is 5.10 Å². The van der Waals surface area contributed by atoms with Crippen LogP contribution in [0.2, 0.25) is 19.1 Å². The number of piperidine rings is 1. The quantitative estimate of drug-likeness (QED) is 0.455. The van der Waals surface area contributed by atoms with Crippen molar-refractivity contribution in [2.45, 2.75) is 57.8 Å². The summed E-state index contributed by atoms with van der Waals surface area (Å²) in [5.41, 5.74) is 7.63. The maximum Gasteiger partial charge on any atom is 0.152 e. The van der Waals surface area contributed by atoms with E-state index in [2.05, 4.69) is 83.2 Å². The first-order chi connectivity index (χ1) is 19.6. The van der Waals surface area contributed by atoms with Gasteiger partial charge < -0.3 is 14.8 Å². The average Bonchev–Trinajstić information content (AvgIpc) is 3.53. The van der Waals surface area contributed by atoms with E-state index in [1.54, 1.807) is 17.3 Å². The van der Waals surface area contributed by atoms with E-state index in [0.29, 0.717) is 0 Å². The summed E-state index contributed by atoms with van der Waals surface area (Å²) >= 11 is 0. The predicted octanol–water partition coefficient (Wildman–Crippen LogP) is 4.90. The fraction of sp³-hybridized carbons (Fsp3) is 0.455. The molecule has 8 heteroatoms. The standard InChI is InChI=1S/C33H41FN6Si/c1-6-27-17-39(22-36-27)29-12-7-23(28-13-14-41(4,5)30(28)29)15-24-16-33(18-35-19-33)21-40-31(24)37-38(3)20-32(40,2)25-8-10-26(34)11-9-25/h7-12,15,17,22,35H,6,13-14,16,18-21H2,1-5H3/b24-15+. The third-order valence-corrected chi connectivity index (χ3v) is 13.5. The number of amidine groups is 1. The molecule has 1 aromatic heterocycles. The summed E-state index contributed by atoms with van der Waals surface area (Å²) in [6.07, 6.45) is 9.74. The van der Waals surface area contributed by atoms with Gasteiger partial charge in [0, 0.05) is 44.0 Å². The van der Waals surface area contributed by atoms with Crippen LogP contribution in [0.4, 0.5) is 4.39 Å². The van der Waals surface area contributed by atoms with Crippen LogP contribution in [0.25, 0.3) is 11.8 Å². The van der Waals surface area contributed by atoms with Crippen molar-refractivity contribution in [3.63, 3.8) is 0 Å². The van der Waals surface area contributed by atoms with Crippen LogP contribution in [0, 0.1) is 11.2 Å². The molecule has 2 saturated heterocycles. The summed E-state index contributed by atoms with van der Waals surface area (Å²) in [5.74, 6) is 0.873. The number of hydrogen-bond donors (Lipinski definition) is 1. The number of aromatic nitrogens is 2. The second-order valence-electron chi connectivity index (χ2n) is 13.6. The number of fused-ring (bicyclic) bond motifs is 2. The Hall–Kier alpha value is -3.23. The van der Waals surface area contributed by atoms with E-state index in [0.717, 1.165) is 62.5 Å². The normalized spacial score (nSPS) is 25.2. The van der Waals surface area contributed by atoms with Crippen molar-refractivity contribution < 1.29 is 4.39 Å². The van der Waals surface area contributed by atoms with E-state index in [9.17, 15) is 4.39 Å². The molecule has 3 aromatic rings. The Labute approximate surface area is 244 Å². The predicted molar refractivity (Wildman–Crippen MR) is 167 cm³/mol. The number of halogens is 1. The number of hydrogen-bond acceptors (Lipinski definition) is 5. The summed E-state index contributed by atoms with van der Waals surface area (Å²) in [4.78, 5) is 7.17. The highest BCUT2D eigenvalue weighted by atomic mass is 28.3. The van der Waals surface area contributed by atoms with Gasteiger partial charge in [-0.25, -0.2) is 9.37 Å². The summed E-state index contributed by atoms with van der Waals surface area (Å²) in [5, 5.41) is 12.4. The van der Waals surface area contributed by atoms with Crippen molar-refractivity contribution in [2.24, 2.45) is 10.5 Å². The van der Waals surface area contributed by atoms with Crippen molar-refractivity contribution in [3.8, 4) is 5.69 Å². The van der Waals surface area contributed by atoms with Gasteiger partial charge in [0.1, 0.15) is 5.82 Å². The zero-order valence-corrected chi connectivity index (χ0v) is 26.0. The Kier molecular flexibility index (Phi) is 6.11. The first-order valence-corrected chi connectivity index (χ1v) is 18.3. The number of hydrazone groups is 1. The van der Waals surface area contributed by atoms with Crippen LogP contribution in [0.1, 0.15) is 42.7 Å². The Morgan fingerprint density at radius 2 is 1.88 bits per heavy atom. The van der Waals surface area contributed by atoms with Crippen molar-refractivity contribution in [3.05, 3.63) is 82.7 Å². The number of benzene rings is 2. The molecule has 0 aliphatic carbocycles. The molecule has 214 valence electrons. The highest BCUT2D eigenvalue weighted by Crippen LogP contribution is 2.45. The van der Waals surface area contributed by atoms with Gasteiger partial charge in [0.05, 0.1) is 32.2 Å². The number of nitrogens with zero attached hydrogens (tertiary/aromatic N) is 5. The van der Waals surface area contributed by atoms with Crippen molar-refractivity contribution in [2.75, 3.05) is 33.2 Å². The molecule has 0 radical (unpaired) electrons. The Morgan fingerprint density at radius 1 is 1.10 bits per heavy atom. The minimum Gasteiger partial charge on any atom is -0.343 e. The molecule has 0 amide bonds. The van der Waals surface area contributed by atoms with Gasteiger partial charge in [-0.3, -0.25) is 5.01 Å². The molecule has 6 nitrogen and oxygen atoms in total. The maximum absolute atomic E-state index is 13.9. The minimum absolute atomic E-state index is 0.187. The molecule has 4 aliphatic heterocycles. The number of imidazole rings is 1. The molecule has 2 aromatic carbocycles. The molecule has 1 atom stereocenters. The molecule has 5 heterocycles. The van der Waals surface area contributed by atoms with Gasteiger partial charge in [-0.05, 0) is 84.0 Å². The van der Waals surface area contributed by atoms with Crippen LogP contribution in [0.15, 0.2) is 59.6 Å². The van der Waals surface area contributed by atoms with Gasteiger partial charge in [0.25, 0.3) is 0 Å². The molecular formula is C33H41FN6Si. The first-order valence-electron chi connectivity index (χ1n) is 15.1. The lowest BCUT2D eigenvalue weighted by Gasteiger charge is -2.58. The molecule has 0 saturated carbocycles. The highest BCUT2D eigenvalue weighted by Gasteiger charge is 2.51. The van der Waals surface area contributed by atoms with Gasteiger partial charge >= 0.3 is 0 Å². The average molecular weight is 569 g/mol. The van der Waals surface area contributed by atoms with Crippen LogP contribution < -0.4 is 10.5 Å². The molecule has 0 bridgehead atoms. The van der Waals surface area contributed by atoms with Crippen molar-refractivity contribution in [1.29, 1.82) is 0 Å². The highest BCUT2D eigenvalue weighted by molar-refractivity contribution is 6.91. The van der Waals surface area contributed by atoms with Gasteiger partial charge in [-0.2, -0.15) is 5.10 Å². The van der Waals surface area contributed by atoms with Gasteiger partial charge in [-0.1, -0.05) is 38.2 Å². The minimum atomic E-state index is -1.59. The summed E-state index contributed by atoms with van der Waals surface area (Å²) in [6.45, 7) is 13.2. The van der Waals surface area contributed by atoms with Crippen LogP contribution >= 0.6 is 0 Å². The molecule has 2 fully saturated rings. The number of nitrogens with one attached hydrogen (secondary N) is 1. The van der Waals surface area contributed by atoms with E-state index in [-0.39, 0.29) is 16.8 Å². The Morgan fingerprint density at radius 3 is 2.56 bits per heavy atom. The van der Waals surface area contributed by atoms with Gasteiger partial charge in [0.15, 0.2) is 5.84 Å². The zero-order valence-electron chi connectivity index (χ0n) is 25.0. The van der Waals surface area contributed by atoms with Crippen LogP contribution in [0.3, 0.4) is 0 Å². The monoisotopic (exact) mass is 568 g/mol. The van der Waals surface area contributed by atoms with E-state index < -0.39 is 8.07 Å². The van der Waals surface area contributed by atoms with Crippen molar-refractivity contribution in [1.82, 2.24) is 24.8 Å². The molecule has 41 heavy (non-hydrogen) atoms. The zero-order chi connectivity index (χ0) is 28.6. The van der Waals surface area contributed by atoms with Crippen LogP contribution in [0.5, 0.6) is 0 Å². The number of aryl methyl sites for hydroxylation is 1. The summed E-state index contributed by atoms with van der Waals surface area (Å²) in [7, 11) is 0.470. The third-order valence-electron chi connectivity index (χ3n) is 10.1. The second kappa shape index (κ2) is 9.39. The van der Waals surface area contributed by atoms with E-state index in [1.165, 1.54) is 28.4 Å². The molecule has 1 N–H and O–H groups in total. The molecule has 1 unspecified atom stereocenters. The summed E-state index contributed by atoms with van der Waals surface area (Å²) in [6, 6.07) is 13.0. The van der Waals surface area contributed by atoms with Crippen molar-refractivity contribution >= 4 is 25.2 Å². The third kappa shape index (κ3) is 4.29. The molecule has 4 aliphatic rings. The first kappa shape index (κ1) is 26.7. The Bertz CT molecular complexity index is 1570. The largest absolute Gasteiger partial charge is 0.343 e. The Balaban J connectivity index is 1.35. The van der Waals surface area contributed by atoms with E-state index in [1.807, 2.05) is 18.5 Å². The van der Waals surface area contributed by atoms with Gasteiger partial charge in [0.2, 0.25) is 0 Å². The topological polar surface area (TPSA) is 48.7 Å². The maximum atomic E-state index is 13.9. The van der Waals surface area contributed by atoms with Crippen LogP contribution in [-0.2, 0) is 18.4 Å². The lowest BCUT2D eigenvalue weighted by Crippen LogP contribution is -2.68. The molecular weight excluding hydrogens is 527 g/mol. The van der Waals surface area contributed by atoms with E-state index >= 15 is 0 Å². The smallest absolute Gasteiger partial charge is 0.152 e. The number of likely N-dealkylation sites (N-methyl/N-ethyl adjacent to an activating group) is 1. The SMILES string of the molecule is CCc1cn(-c2ccc(/C=C3\CC4(CNC4)CN4C3=NN(C)CC4(C)c3ccc(F)cc3)c3c2[Si](C)(C)CC3)cn1. The van der Waals surface area contributed by atoms with Crippen LogP contribution in [-0.4, -0.2) is 66.6 Å². The molecule has 7 rings (SSSR count).